The molecule has 1 aliphatic rings. The molecule has 7 nitrogen and oxygen atoms in total. The lowest BCUT2D eigenvalue weighted by molar-refractivity contribution is 0.0392. The van der Waals surface area contributed by atoms with Gasteiger partial charge in [0.05, 0.1) is 35.8 Å². The van der Waals surface area contributed by atoms with Crippen LogP contribution in [0.15, 0.2) is 36.7 Å². The zero-order chi connectivity index (χ0) is 22.4. The molecule has 1 saturated heterocycles. The third-order valence-electron chi connectivity index (χ3n) is 5.44. The molecule has 0 bridgehead atoms. The Morgan fingerprint density at radius 2 is 2.00 bits per heavy atom. The van der Waals surface area contributed by atoms with Crippen molar-refractivity contribution in [3.05, 3.63) is 63.8 Å². The first-order valence-corrected chi connectivity index (χ1v) is 10.8. The molecule has 0 radical (unpaired) electrons. The van der Waals surface area contributed by atoms with E-state index in [1.54, 1.807) is 36.0 Å². The summed E-state index contributed by atoms with van der Waals surface area (Å²) in [6, 6.07) is 6.23. The second kappa shape index (κ2) is 8.27. The van der Waals surface area contributed by atoms with Gasteiger partial charge in [-0.15, -0.1) is 0 Å². The van der Waals surface area contributed by atoms with E-state index in [0.29, 0.717) is 63.7 Å². The molecule has 10 heteroatoms. The number of pyridine rings is 1. The Morgan fingerprint density at radius 1 is 1.16 bits per heavy atom. The van der Waals surface area contributed by atoms with Crippen molar-refractivity contribution in [1.82, 2.24) is 24.7 Å². The molecule has 1 aromatic carbocycles. The first-order valence-electron chi connectivity index (χ1n) is 10.0. The van der Waals surface area contributed by atoms with Gasteiger partial charge in [0.2, 0.25) is 5.95 Å². The van der Waals surface area contributed by atoms with Gasteiger partial charge in [-0.25, -0.2) is 14.4 Å². The third-order valence-corrected chi connectivity index (χ3v) is 6.05. The standard InChI is InChI=1S/C22H19Cl2FN6O/c1-12-17(24)8-16-20(15-4-3-14(23)7-18(15)25)28-22(29-21(16)27-12)31-5-6-32-19(11-31)13-9-26-30(2)10-13/h3-4,7-10,19H,5-6,11H2,1-2H3/t19-/m1/s1. The maximum absolute atomic E-state index is 14.9. The number of benzene rings is 1. The summed E-state index contributed by atoms with van der Waals surface area (Å²) in [5, 5.41) is 5.58. The summed E-state index contributed by atoms with van der Waals surface area (Å²) in [6.45, 7) is 3.43. The maximum Gasteiger partial charge on any atom is 0.228 e. The monoisotopic (exact) mass is 472 g/mol. The minimum atomic E-state index is -0.477. The Bertz CT molecular complexity index is 1330. The van der Waals surface area contributed by atoms with E-state index >= 15 is 0 Å². The number of nitrogens with zero attached hydrogens (tertiary/aromatic N) is 6. The number of anilines is 1. The van der Waals surface area contributed by atoms with Gasteiger partial charge in [0, 0.05) is 41.3 Å². The summed E-state index contributed by atoms with van der Waals surface area (Å²) >= 11 is 12.3. The predicted octanol–water partition coefficient (Wildman–Crippen LogP) is 4.76. The second-order valence-electron chi connectivity index (χ2n) is 7.68. The van der Waals surface area contributed by atoms with Gasteiger partial charge >= 0.3 is 0 Å². The smallest absolute Gasteiger partial charge is 0.228 e. The van der Waals surface area contributed by atoms with E-state index in [1.807, 2.05) is 18.1 Å². The summed E-state index contributed by atoms with van der Waals surface area (Å²) in [4.78, 5) is 16.0. The number of ether oxygens (including phenoxy) is 1. The first-order chi connectivity index (χ1) is 15.4. The fourth-order valence-electron chi connectivity index (χ4n) is 3.77. The average Bonchev–Trinajstić information content (AvgIpc) is 3.21. The first kappa shape index (κ1) is 21.1. The van der Waals surface area contributed by atoms with Crippen LogP contribution in [0.3, 0.4) is 0 Å². The van der Waals surface area contributed by atoms with Crippen LogP contribution < -0.4 is 4.90 Å². The maximum atomic E-state index is 14.9. The Kier molecular flexibility index (Phi) is 5.44. The van der Waals surface area contributed by atoms with Crippen LogP contribution >= 0.6 is 23.2 Å². The molecule has 0 amide bonds. The van der Waals surface area contributed by atoms with Gasteiger partial charge in [-0.05, 0) is 31.2 Å². The Balaban J connectivity index is 1.62. The molecule has 1 fully saturated rings. The number of aryl methyl sites for hydroxylation is 2. The van der Waals surface area contributed by atoms with Crippen LogP contribution in [-0.2, 0) is 11.8 Å². The minimum absolute atomic E-state index is 0.174. The van der Waals surface area contributed by atoms with Crippen molar-refractivity contribution in [3.8, 4) is 11.3 Å². The average molecular weight is 473 g/mol. The molecule has 3 aromatic heterocycles. The molecule has 0 spiro atoms. The fraction of sp³-hybridized carbons (Fsp3) is 0.273. The summed E-state index contributed by atoms with van der Waals surface area (Å²) in [5.41, 5.74) is 2.79. The minimum Gasteiger partial charge on any atom is -0.370 e. The van der Waals surface area contributed by atoms with Crippen LogP contribution in [0.5, 0.6) is 0 Å². The van der Waals surface area contributed by atoms with Crippen LogP contribution in [0.2, 0.25) is 10.0 Å². The van der Waals surface area contributed by atoms with Gasteiger partial charge < -0.3 is 9.64 Å². The number of hydrogen-bond acceptors (Lipinski definition) is 6. The van der Waals surface area contributed by atoms with Crippen LogP contribution in [0.4, 0.5) is 10.3 Å². The highest BCUT2D eigenvalue weighted by Crippen LogP contribution is 2.34. The number of fused-ring (bicyclic) bond motifs is 1. The number of hydrogen-bond donors (Lipinski definition) is 0. The molecule has 0 aliphatic carbocycles. The third kappa shape index (κ3) is 3.90. The zero-order valence-electron chi connectivity index (χ0n) is 17.4. The lowest BCUT2D eigenvalue weighted by Crippen LogP contribution is -2.39. The quantitative estimate of drug-likeness (QED) is 0.428. The fourth-order valence-corrected chi connectivity index (χ4v) is 4.09. The molecule has 1 aliphatic heterocycles. The lowest BCUT2D eigenvalue weighted by Gasteiger charge is -2.32. The van der Waals surface area contributed by atoms with Gasteiger partial charge in [-0.3, -0.25) is 4.68 Å². The number of morpholine rings is 1. The van der Waals surface area contributed by atoms with E-state index in [-0.39, 0.29) is 6.10 Å². The summed E-state index contributed by atoms with van der Waals surface area (Å²) < 4.78 is 22.5. The predicted molar refractivity (Wildman–Crippen MR) is 122 cm³/mol. The molecule has 0 unspecified atom stereocenters. The topological polar surface area (TPSA) is 69.0 Å². The Morgan fingerprint density at radius 3 is 2.75 bits per heavy atom. The molecule has 32 heavy (non-hydrogen) atoms. The van der Waals surface area contributed by atoms with Crippen LogP contribution in [0, 0.1) is 12.7 Å². The van der Waals surface area contributed by atoms with E-state index in [9.17, 15) is 4.39 Å². The molecular weight excluding hydrogens is 454 g/mol. The van der Waals surface area contributed by atoms with Gasteiger partial charge in [0.1, 0.15) is 11.9 Å². The zero-order valence-corrected chi connectivity index (χ0v) is 18.9. The van der Waals surface area contributed by atoms with Gasteiger partial charge in [-0.1, -0.05) is 23.2 Å². The summed E-state index contributed by atoms with van der Waals surface area (Å²) in [6.07, 6.45) is 3.54. The van der Waals surface area contributed by atoms with Crippen molar-refractivity contribution in [3.63, 3.8) is 0 Å². The van der Waals surface area contributed by atoms with E-state index in [4.69, 9.17) is 32.9 Å². The molecule has 0 N–H and O–H groups in total. The van der Waals surface area contributed by atoms with Crippen LogP contribution in [0.25, 0.3) is 22.3 Å². The highest BCUT2D eigenvalue weighted by Gasteiger charge is 2.26. The lowest BCUT2D eigenvalue weighted by atomic mass is 10.1. The van der Waals surface area contributed by atoms with Crippen LogP contribution in [0.1, 0.15) is 17.4 Å². The summed E-state index contributed by atoms with van der Waals surface area (Å²) in [5.74, 6) is -0.0244. The van der Waals surface area contributed by atoms with Crippen molar-refractivity contribution in [2.75, 3.05) is 24.6 Å². The van der Waals surface area contributed by atoms with Crippen molar-refractivity contribution in [2.24, 2.45) is 7.05 Å². The Labute approximate surface area is 193 Å². The molecule has 1 atom stereocenters. The molecule has 4 aromatic rings. The molecule has 5 rings (SSSR count). The van der Waals surface area contributed by atoms with E-state index < -0.39 is 5.82 Å². The van der Waals surface area contributed by atoms with E-state index in [1.165, 1.54) is 6.07 Å². The van der Waals surface area contributed by atoms with Crippen molar-refractivity contribution in [1.29, 1.82) is 0 Å². The summed E-state index contributed by atoms with van der Waals surface area (Å²) in [7, 11) is 1.86. The highest BCUT2D eigenvalue weighted by atomic mass is 35.5. The van der Waals surface area contributed by atoms with E-state index in [2.05, 4.69) is 15.1 Å². The van der Waals surface area contributed by atoms with E-state index in [0.717, 1.165) is 5.56 Å². The molecule has 0 saturated carbocycles. The number of rotatable bonds is 3. The van der Waals surface area contributed by atoms with Crippen LogP contribution in [-0.4, -0.2) is 44.4 Å². The second-order valence-corrected chi connectivity index (χ2v) is 8.52. The number of aromatic nitrogens is 5. The highest BCUT2D eigenvalue weighted by molar-refractivity contribution is 6.32. The van der Waals surface area contributed by atoms with Crippen molar-refractivity contribution >= 4 is 40.2 Å². The van der Waals surface area contributed by atoms with Crippen molar-refractivity contribution < 1.29 is 9.13 Å². The number of halogens is 3. The largest absolute Gasteiger partial charge is 0.370 e. The van der Waals surface area contributed by atoms with Gasteiger partial charge in [0.15, 0.2) is 5.65 Å². The Hall–Kier alpha value is -2.81. The van der Waals surface area contributed by atoms with Gasteiger partial charge in [-0.2, -0.15) is 10.1 Å². The van der Waals surface area contributed by atoms with Gasteiger partial charge in [0.25, 0.3) is 0 Å². The molecule has 164 valence electrons. The SMILES string of the molecule is Cc1nc2nc(N3CCO[C@@H](c4cnn(C)c4)C3)nc(-c3ccc(Cl)cc3F)c2cc1Cl. The van der Waals surface area contributed by atoms with Crippen molar-refractivity contribution in [2.45, 2.75) is 13.0 Å². The molecule has 4 heterocycles. The molecular formula is C22H19Cl2FN6O. The normalized spacial score (nSPS) is 16.7.